The van der Waals surface area contributed by atoms with Crippen molar-refractivity contribution in [3.05, 3.63) is 88.9 Å². The molecule has 174 valence electrons. The quantitative estimate of drug-likeness (QED) is 0.264. The molecule has 2 aromatic heterocycles. The van der Waals surface area contributed by atoms with Gasteiger partial charge >= 0.3 is 0 Å². The van der Waals surface area contributed by atoms with E-state index in [1.807, 2.05) is 37.3 Å². The Bertz CT molecular complexity index is 1280. The van der Waals surface area contributed by atoms with Gasteiger partial charge in [0.2, 0.25) is 5.28 Å². The van der Waals surface area contributed by atoms with Gasteiger partial charge in [0.15, 0.2) is 0 Å². The summed E-state index contributed by atoms with van der Waals surface area (Å²) in [6.07, 6.45) is 4.51. The van der Waals surface area contributed by atoms with Crippen LogP contribution in [0, 0.1) is 6.92 Å². The van der Waals surface area contributed by atoms with Gasteiger partial charge in [-0.05, 0) is 55.5 Å². The summed E-state index contributed by atoms with van der Waals surface area (Å²) in [4.78, 5) is 15.6. The molecule has 0 N–H and O–H groups in total. The van der Waals surface area contributed by atoms with Crippen molar-refractivity contribution in [2.24, 2.45) is 0 Å². The maximum Gasteiger partial charge on any atom is 0.224 e. The predicted molar refractivity (Wildman–Crippen MR) is 133 cm³/mol. The number of anilines is 1. The van der Waals surface area contributed by atoms with Gasteiger partial charge in [0.1, 0.15) is 29.4 Å². The number of rotatable bonds is 8. The zero-order valence-corrected chi connectivity index (χ0v) is 20.1. The molecular weight excluding hydrogens is 448 g/mol. The van der Waals surface area contributed by atoms with Gasteiger partial charge in [0, 0.05) is 25.1 Å². The molecule has 1 unspecified atom stereocenters. The molecule has 2 aromatic carbocycles. The molecule has 5 rings (SSSR count). The molecule has 0 radical (unpaired) electrons. The molecular formula is C26H27ClN6O. The minimum Gasteiger partial charge on any atom is -0.491 e. The highest BCUT2D eigenvalue weighted by atomic mass is 35.5. The van der Waals surface area contributed by atoms with Crippen LogP contribution in [0.25, 0.3) is 5.69 Å². The molecule has 0 bridgehead atoms. The molecule has 1 aliphatic rings. The molecule has 2 heterocycles. The Hall–Kier alpha value is -3.45. The molecule has 0 saturated heterocycles. The Balaban J connectivity index is 1.25. The van der Waals surface area contributed by atoms with Crippen LogP contribution in [-0.2, 0) is 6.42 Å². The zero-order valence-electron chi connectivity index (χ0n) is 19.4. The fraction of sp³-hybridized carbons (Fsp3) is 0.308. The molecule has 1 atom stereocenters. The van der Waals surface area contributed by atoms with Crippen molar-refractivity contribution in [2.75, 3.05) is 25.1 Å². The topological polar surface area (TPSA) is 69.0 Å². The van der Waals surface area contributed by atoms with Crippen LogP contribution in [0.1, 0.15) is 41.4 Å². The lowest BCUT2D eigenvalue weighted by Crippen LogP contribution is -2.23. The van der Waals surface area contributed by atoms with Crippen LogP contribution < -0.4 is 9.64 Å². The standard InChI is InChI=1S/C26H27ClN6O/c1-18-28-17-33(31-18)22-11-6-7-12-23(22)34-16-8-15-32(2)25-21-14-13-20(19-9-4-3-5-10-19)24(21)29-26(27)30-25/h3-7,9-12,17,20H,8,13-16H2,1-2H3. The van der Waals surface area contributed by atoms with E-state index < -0.39 is 0 Å². The largest absolute Gasteiger partial charge is 0.491 e. The molecule has 0 fully saturated rings. The van der Waals surface area contributed by atoms with Gasteiger partial charge < -0.3 is 9.64 Å². The number of ether oxygens (including phenoxy) is 1. The first-order chi connectivity index (χ1) is 16.6. The lowest BCUT2D eigenvalue weighted by Gasteiger charge is -2.22. The van der Waals surface area contributed by atoms with Crippen LogP contribution in [-0.4, -0.2) is 44.9 Å². The minimum absolute atomic E-state index is 0.268. The SMILES string of the molecule is Cc1ncn(-c2ccccc2OCCCN(C)c2nc(Cl)nc3c2CCC3c2ccccc2)n1. The molecule has 4 aromatic rings. The van der Waals surface area contributed by atoms with E-state index in [4.69, 9.17) is 16.3 Å². The summed E-state index contributed by atoms with van der Waals surface area (Å²) in [5.74, 6) is 2.70. The van der Waals surface area contributed by atoms with Crippen molar-refractivity contribution in [1.29, 1.82) is 0 Å². The number of halogens is 1. The monoisotopic (exact) mass is 474 g/mol. The van der Waals surface area contributed by atoms with Gasteiger partial charge in [-0.15, -0.1) is 0 Å². The molecule has 0 saturated carbocycles. The van der Waals surface area contributed by atoms with E-state index in [-0.39, 0.29) is 5.92 Å². The number of aryl methyl sites for hydroxylation is 1. The smallest absolute Gasteiger partial charge is 0.224 e. The van der Waals surface area contributed by atoms with Crippen molar-refractivity contribution in [3.8, 4) is 11.4 Å². The van der Waals surface area contributed by atoms with E-state index in [1.165, 1.54) is 11.1 Å². The number of para-hydroxylation sites is 2. The number of fused-ring (bicyclic) bond motifs is 1. The molecule has 8 heteroatoms. The molecule has 1 aliphatic carbocycles. The second kappa shape index (κ2) is 9.81. The summed E-state index contributed by atoms with van der Waals surface area (Å²) in [5, 5.41) is 4.70. The van der Waals surface area contributed by atoms with Crippen LogP contribution in [0.4, 0.5) is 5.82 Å². The molecule has 7 nitrogen and oxygen atoms in total. The van der Waals surface area contributed by atoms with E-state index in [1.54, 1.807) is 11.0 Å². The Morgan fingerprint density at radius 1 is 1.09 bits per heavy atom. The van der Waals surface area contributed by atoms with E-state index >= 15 is 0 Å². The Morgan fingerprint density at radius 3 is 2.68 bits per heavy atom. The third-order valence-corrected chi connectivity index (χ3v) is 6.35. The molecule has 0 aliphatic heterocycles. The van der Waals surface area contributed by atoms with Crippen LogP contribution in [0.3, 0.4) is 0 Å². The highest BCUT2D eigenvalue weighted by Gasteiger charge is 2.30. The fourth-order valence-electron chi connectivity index (χ4n) is 4.56. The van der Waals surface area contributed by atoms with Gasteiger partial charge in [0.25, 0.3) is 0 Å². The minimum atomic E-state index is 0.268. The van der Waals surface area contributed by atoms with Crippen molar-refractivity contribution >= 4 is 17.4 Å². The molecule has 34 heavy (non-hydrogen) atoms. The Labute approximate surface area is 204 Å². The maximum absolute atomic E-state index is 6.36. The van der Waals surface area contributed by atoms with Crippen molar-refractivity contribution in [3.63, 3.8) is 0 Å². The van der Waals surface area contributed by atoms with E-state index in [0.717, 1.165) is 54.6 Å². The molecule has 0 spiro atoms. The van der Waals surface area contributed by atoms with Crippen molar-refractivity contribution in [1.82, 2.24) is 24.7 Å². The first kappa shape index (κ1) is 22.3. The lowest BCUT2D eigenvalue weighted by atomic mass is 9.97. The van der Waals surface area contributed by atoms with E-state index in [0.29, 0.717) is 11.9 Å². The number of aromatic nitrogens is 5. The van der Waals surface area contributed by atoms with Gasteiger partial charge in [-0.25, -0.2) is 19.6 Å². The number of hydrogen-bond acceptors (Lipinski definition) is 6. The van der Waals surface area contributed by atoms with E-state index in [2.05, 4.69) is 56.3 Å². The number of benzene rings is 2. The normalized spacial score (nSPS) is 14.7. The van der Waals surface area contributed by atoms with Crippen LogP contribution in [0.2, 0.25) is 5.28 Å². The third kappa shape index (κ3) is 4.61. The zero-order chi connectivity index (χ0) is 23.5. The average molecular weight is 475 g/mol. The van der Waals surface area contributed by atoms with Gasteiger partial charge in [-0.3, -0.25) is 0 Å². The fourth-order valence-corrected chi connectivity index (χ4v) is 4.73. The van der Waals surface area contributed by atoms with Gasteiger partial charge in [0.05, 0.1) is 12.3 Å². The summed E-state index contributed by atoms with van der Waals surface area (Å²) in [7, 11) is 2.06. The number of nitrogens with zero attached hydrogens (tertiary/aromatic N) is 6. The van der Waals surface area contributed by atoms with Gasteiger partial charge in [-0.2, -0.15) is 5.10 Å². The second-order valence-electron chi connectivity index (χ2n) is 8.51. The Kier molecular flexibility index (Phi) is 6.45. The van der Waals surface area contributed by atoms with Crippen molar-refractivity contribution < 1.29 is 4.74 Å². The summed E-state index contributed by atoms with van der Waals surface area (Å²) in [5.41, 5.74) is 4.41. The van der Waals surface area contributed by atoms with Crippen LogP contribution >= 0.6 is 11.6 Å². The van der Waals surface area contributed by atoms with Gasteiger partial charge in [-0.1, -0.05) is 42.5 Å². The first-order valence-electron chi connectivity index (χ1n) is 11.5. The summed E-state index contributed by atoms with van der Waals surface area (Å²) >= 11 is 6.36. The lowest BCUT2D eigenvalue weighted by molar-refractivity contribution is 0.311. The third-order valence-electron chi connectivity index (χ3n) is 6.18. The number of hydrogen-bond donors (Lipinski definition) is 0. The summed E-state index contributed by atoms with van der Waals surface area (Å²) in [6.45, 7) is 3.23. The molecule has 0 amide bonds. The van der Waals surface area contributed by atoms with Crippen molar-refractivity contribution in [2.45, 2.75) is 32.1 Å². The maximum atomic E-state index is 6.36. The Morgan fingerprint density at radius 2 is 1.88 bits per heavy atom. The average Bonchev–Trinajstić information content (AvgIpc) is 3.48. The predicted octanol–water partition coefficient (Wildman–Crippen LogP) is 5.00. The summed E-state index contributed by atoms with van der Waals surface area (Å²) in [6, 6.07) is 18.4. The highest BCUT2D eigenvalue weighted by molar-refractivity contribution is 6.28. The van der Waals surface area contributed by atoms with Crippen LogP contribution in [0.15, 0.2) is 60.9 Å². The highest BCUT2D eigenvalue weighted by Crippen LogP contribution is 2.40. The second-order valence-corrected chi connectivity index (χ2v) is 8.85. The van der Waals surface area contributed by atoms with E-state index in [9.17, 15) is 0 Å². The summed E-state index contributed by atoms with van der Waals surface area (Å²) < 4.78 is 7.85. The van der Waals surface area contributed by atoms with Crippen LogP contribution in [0.5, 0.6) is 5.75 Å². The first-order valence-corrected chi connectivity index (χ1v) is 11.9.